The molecule has 1 rings (SSSR count). The van der Waals surface area contributed by atoms with Gasteiger partial charge in [-0.2, -0.15) is 0 Å². The van der Waals surface area contributed by atoms with Crippen LogP contribution >= 0.6 is 0 Å². The van der Waals surface area contributed by atoms with Gasteiger partial charge < -0.3 is 0 Å². The molecule has 0 bridgehead atoms. The second-order valence-electron chi connectivity index (χ2n) is 2.16. The predicted octanol–water partition coefficient (Wildman–Crippen LogP) is -3.02. The van der Waals surface area contributed by atoms with E-state index in [0.29, 0.717) is 21.2 Å². The monoisotopic (exact) mass is 240 g/mol. The van der Waals surface area contributed by atoms with Gasteiger partial charge in [0.2, 0.25) is 0 Å². The van der Waals surface area contributed by atoms with Crippen molar-refractivity contribution in [1.82, 2.24) is 5.32 Å². The van der Waals surface area contributed by atoms with Gasteiger partial charge in [-0.25, -0.2) is 0 Å². The van der Waals surface area contributed by atoms with E-state index in [0.717, 1.165) is 16.9 Å². The van der Waals surface area contributed by atoms with Crippen molar-refractivity contribution in [1.29, 1.82) is 0 Å². The van der Waals surface area contributed by atoms with Crippen LogP contribution in [0.5, 0.6) is 0 Å². The fourth-order valence-corrected chi connectivity index (χ4v) is 2.70. The number of alkyl halides is 2. The molecule has 3 heteroatoms. The SMILES string of the molecule is C[I-]C1CCNC(=O)C1. The summed E-state index contributed by atoms with van der Waals surface area (Å²) in [5.41, 5.74) is 0. The van der Waals surface area contributed by atoms with Gasteiger partial charge in [0.05, 0.1) is 0 Å². The molecule has 1 unspecified atom stereocenters. The number of carbonyl (C=O) groups excluding carboxylic acids is 1. The Labute approximate surface area is 65.7 Å². The van der Waals surface area contributed by atoms with Crippen molar-refractivity contribution < 1.29 is 26.0 Å². The number of halogens is 1. The van der Waals surface area contributed by atoms with Crippen LogP contribution in [0, 0.1) is 0 Å². The van der Waals surface area contributed by atoms with Gasteiger partial charge in [-0.15, -0.1) is 0 Å². The summed E-state index contributed by atoms with van der Waals surface area (Å²) in [6.45, 7) is 0.914. The standard InChI is InChI=1S/C6H11INO/c1-7-5-2-3-8-6(9)4-5/h5H,2-4H2,1H3,(H,8,9)/q-1. The summed E-state index contributed by atoms with van der Waals surface area (Å²) in [5.74, 6) is 0.257. The number of nitrogens with one attached hydrogen (secondary N) is 1. The fourth-order valence-electron chi connectivity index (χ4n) is 0.930. The van der Waals surface area contributed by atoms with Gasteiger partial charge in [-0.1, -0.05) is 0 Å². The van der Waals surface area contributed by atoms with E-state index in [2.05, 4.69) is 10.2 Å². The Morgan fingerprint density at radius 3 is 3.00 bits per heavy atom. The van der Waals surface area contributed by atoms with Crippen molar-refractivity contribution in [2.75, 3.05) is 11.5 Å². The first kappa shape index (κ1) is 7.31. The average molecular weight is 240 g/mol. The molecule has 0 spiro atoms. The van der Waals surface area contributed by atoms with Crippen molar-refractivity contribution in [3.8, 4) is 0 Å². The molecule has 1 saturated heterocycles. The molecular formula is C6H11INO-. The molecule has 0 aromatic heterocycles. The quantitative estimate of drug-likeness (QED) is 0.384. The molecule has 1 aliphatic rings. The zero-order valence-corrected chi connectivity index (χ0v) is 7.64. The van der Waals surface area contributed by atoms with Gasteiger partial charge in [0.1, 0.15) is 0 Å². The predicted molar refractivity (Wildman–Crippen MR) is 32.0 cm³/mol. The number of carbonyl (C=O) groups is 1. The molecule has 0 radical (unpaired) electrons. The molecule has 0 aliphatic carbocycles. The van der Waals surface area contributed by atoms with E-state index < -0.39 is 0 Å². The Bertz CT molecular complexity index is 116. The van der Waals surface area contributed by atoms with Crippen LogP contribution in [0.25, 0.3) is 0 Å². The van der Waals surface area contributed by atoms with Crippen LogP contribution in [0.3, 0.4) is 0 Å². The summed E-state index contributed by atoms with van der Waals surface area (Å²) in [4.78, 5) is 13.0. The second kappa shape index (κ2) is 3.39. The van der Waals surface area contributed by atoms with Crippen LogP contribution in [0.15, 0.2) is 0 Å². The summed E-state index contributed by atoms with van der Waals surface area (Å²) in [7, 11) is 0. The Morgan fingerprint density at radius 1 is 1.78 bits per heavy atom. The minimum atomic E-state index is 0.257. The zero-order valence-electron chi connectivity index (χ0n) is 5.48. The van der Waals surface area contributed by atoms with E-state index in [1.165, 1.54) is 6.42 Å². The van der Waals surface area contributed by atoms with Crippen LogP contribution in [-0.2, 0) is 4.79 Å². The van der Waals surface area contributed by atoms with Crippen molar-refractivity contribution in [3.05, 3.63) is 0 Å². The molecule has 1 amide bonds. The molecule has 1 N–H and O–H groups in total. The van der Waals surface area contributed by atoms with Crippen molar-refractivity contribution >= 4 is 5.91 Å². The van der Waals surface area contributed by atoms with Gasteiger partial charge >= 0.3 is 65.5 Å². The van der Waals surface area contributed by atoms with Crippen molar-refractivity contribution in [3.63, 3.8) is 0 Å². The molecule has 1 fully saturated rings. The number of hydrogen-bond acceptors (Lipinski definition) is 1. The van der Waals surface area contributed by atoms with E-state index in [1.54, 1.807) is 0 Å². The topological polar surface area (TPSA) is 29.1 Å². The number of amides is 1. The third kappa shape index (κ3) is 2.12. The maximum absolute atomic E-state index is 10.7. The van der Waals surface area contributed by atoms with Crippen molar-refractivity contribution in [2.24, 2.45) is 0 Å². The number of rotatable bonds is 1. The molecule has 0 aromatic carbocycles. The van der Waals surface area contributed by atoms with Gasteiger partial charge in [0.15, 0.2) is 0 Å². The molecule has 1 heterocycles. The van der Waals surface area contributed by atoms with E-state index in [-0.39, 0.29) is 5.91 Å². The van der Waals surface area contributed by atoms with Crippen LogP contribution in [0.1, 0.15) is 12.8 Å². The zero-order chi connectivity index (χ0) is 6.69. The van der Waals surface area contributed by atoms with Gasteiger partial charge in [0, 0.05) is 0 Å². The first-order valence-corrected chi connectivity index (χ1v) is 6.48. The molecular weight excluding hydrogens is 229 g/mol. The van der Waals surface area contributed by atoms with E-state index in [1.807, 2.05) is 0 Å². The molecule has 1 atom stereocenters. The van der Waals surface area contributed by atoms with E-state index in [9.17, 15) is 4.79 Å². The normalized spacial score (nSPS) is 28.1. The first-order chi connectivity index (χ1) is 4.33. The third-order valence-corrected chi connectivity index (χ3v) is 4.32. The average Bonchev–Trinajstić information content (AvgIpc) is 1.88. The van der Waals surface area contributed by atoms with Crippen molar-refractivity contribution in [2.45, 2.75) is 16.8 Å². The summed E-state index contributed by atoms with van der Waals surface area (Å²) in [6.07, 6.45) is 2.01. The molecule has 1 aliphatic heterocycles. The Hall–Kier alpha value is 0.200. The summed E-state index contributed by atoms with van der Waals surface area (Å²) >= 11 is 0.298. The third-order valence-electron chi connectivity index (χ3n) is 1.50. The number of hydrogen-bond donors (Lipinski definition) is 1. The minimum absolute atomic E-state index is 0.257. The van der Waals surface area contributed by atoms with Crippen LogP contribution in [0.2, 0.25) is 0 Å². The van der Waals surface area contributed by atoms with E-state index >= 15 is 0 Å². The molecule has 0 aromatic rings. The molecule has 54 valence electrons. The van der Waals surface area contributed by atoms with Gasteiger partial charge in [-0.05, 0) is 0 Å². The van der Waals surface area contributed by atoms with Gasteiger partial charge in [-0.3, -0.25) is 0 Å². The summed E-state index contributed by atoms with van der Waals surface area (Å²) in [5, 5.41) is 2.82. The second-order valence-corrected chi connectivity index (χ2v) is 5.17. The number of piperidine rings is 1. The Morgan fingerprint density at radius 2 is 2.56 bits per heavy atom. The van der Waals surface area contributed by atoms with Crippen LogP contribution in [0.4, 0.5) is 0 Å². The summed E-state index contributed by atoms with van der Waals surface area (Å²) < 4.78 is 0.762. The Kier molecular flexibility index (Phi) is 2.75. The van der Waals surface area contributed by atoms with Gasteiger partial charge in [0.25, 0.3) is 0 Å². The van der Waals surface area contributed by atoms with Crippen LogP contribution < -0.4 is 26.5 Å². The molecule has 0 saturated carbocycles. The summed E-state index contributed by atoms with van der Waals surface area (Å²) in [6, 6.07) is 0. The Balaban J connectivity index is 2.32. The van der Waals surface area contributed by atoms with E-state index in [4.69, 9.17) is 0 Å². The molecule has 9 heavy (non-hydrogen) atoms. The molecule has 2 nitrogen and oxygen atoms in total. The fraction of sp³-hybridized carbons (Fsp3) is 0.833. The first-order valence-electron chi connectivity index (χ1n) is 3.07. The maximum atomic E-state index is 10.7. The van der Waals surface area contributed by atoms with Crippen LogP contribution in [-0.4, -0.2) is 21.3 Å².